The summed E-state index contributed by atoms with van der Waals surface area (Å²) in [5, 5.41) is 17.3. The number of likely N-dealkylation sites (tertiary alicyclic amines) is 1. The van der Waals surface area contributed by atoms with Gasteiger partial charge in [0.05, 0.1) is 11.6 Å². The normalized spacial score (nSPS) is 15.1. The molecule has 3 aromatic carbocycles. The fourth-order valence-corrected chi connectivity index (χ4v) is 5.53. The van der Waals surface area contributed by atoms with Crippen LogP contribution in [0.3, 0.4) is 0 Å². The highest BCUT2D eigenvalue weighted by Crippen LogP contribution is 2.37. The summed E-state index contributed by atoms with van der Waals surface area (Å²) in [6.45, 7) is 4.20. The molecule has 5 rings (SSSR count). The highest BCUT2D eigenvalue weighted by atomic mass is 16.6. The zero-order valence-electron chi connectivity index (χ0n) is 23.9. The summed E-state index contributed by atoms with van der Waals surface area (Å²) in [7, 11) is 1.75. The number of nitrogens with one attached hydrogen (secondary N) is 1. The fourth-order valence-electron chi connectivity index (χ4n) is 5.53. The topological polar surface area (TPSA) is 114 Å². The van der Waals surface area contributed by atoms with Crippen LogP contribution in [-0.4, -0.2) is 50.8 Å². The number of aliphatic carboxylic acids is 1. The van der Waals surface area contributed by atoms with E-state index in [2.05, 4.69) is 10.4 Å². The number of anilines is 1. The predicted molar refractivity (Wildman–Crippen MR) is 160 cm³/mol. The number of carbonyl (C=O) groups excluding carboxylic acids is 2. The third kappa shape index (κ3) is 5.76. The van der Waals surface area contributed by atoms with Gasteiger partial charge in [-0.2, -0.15) is 5.10 Å². The Morgan fingerprint density at radius 2 is 1.48 bits per heavy atom. The largest absolute Gasteiger partial charge is 0.481 e. The van der Waals surface area contributed by atoms with Crippen LogP contribution in [0.2, 0.25) is 0 Å². The molecule has 1 aliphatic rings. The third-order valence-electron chi connectivity index (χ3n) is 8.15. The quantitative estimate of drug-likeness (QED) is 0.282. The number of nitrogens with zero attached hydrogens (tertiary/aromatic N) is 3. The lowest BCUT2D eigenvalue weighted by atomic mass is 9.72. The lowest BCUT2D eigenvalue weighted by Crippen LogP contribution is -2.48. The van der Waals surface area contributed by atoms with Crippen LogP contribution in [0.4, 0.5) is 10.6 Å². The molecular weight excluding hydrogens is 532 g/mol. The van der Waals surface area contributed by atoms with Crippen LogP contribution >= 0.6 is 0 Å². The summed E-state index contributed by atoms with van der Waals surface area (Å²) in [4.78, 5) is 38.5. The van der Waals surface area contributed by atoms with Crippen molar-refractivity contribution in [1.29, 1.82) is 0 Å². The summed E-state index contributed by atoms with van der Waals surface area (Å²) in [6.07, 6.45) is 1.49. The zero-order chi connectivity index (χ0) is 29.9. The average molecular weight is 567 g/mol. The molecule has 1 saturated heterocycles. The Kier molecular flexibility index (Phi) is 8.10. The summed E-state index contributed by atoms with van der Waals surface area (Å²) in [6, 6.07) is 25.0. The van der Waals surface area contributed by atoms with E-state index >= 15 is 0 Å². The first kappa shape index (κ1) is 28.6. The number of carboxylic acids is 1. The van der Waals surface area contributed by atoms with Crippen molar-refractivity contribution >= 4 is 23.8 Å². The Balaban J connectivity index is 1.30. The van der Waals surface area contributed by atoms with Gasteiger partial charge in [-0.05, 0) is 47.6 Å². The lowest BCUT2D eigenvalue weighted by molar-refractivity contribution is -0.148. The number of piperidine rings is 1. The number of ether oxygens (including phenoxy) is 1. The number of aromatic nitrogens is 2. The van der Waals surface area contributed by atoms with Gasteiger partial charge >= 0.3 is 12.1 Å². The Morgan fingerprint density at radius 1 is 0.905 bits per heavy atom. The molecule has 1 atom stereocenters. The first-order valence-electron chi connectivity index (χ1n) is 13.9. The molecule has 2 N–H and O–H groups in total. The average Bonchev–Trinajstić information content (AvgIpc) is 3.36. The molecule has 0 spiro atoms. The summed E-state index contributed by atoms with van der Waals surface area (Å²) in [5.74, 6) is -0.367. The van der Waals surface area contributed by atoms with Crippen molar-refractivity contribution < 1.29 is 24.2 Å². The molecule has 0 bridgehead atoms. The van der Waals surface area contributed by atoms with Gasteiger partial charge in [0.1, 0.15) is 11.9 Å². The third-order valence-corrected chi connectivity index (χ3v) is 8.15. The molecule has 2 heterocycles. The molecule has 1 unspecified atom stereocenters. The number of carbonyl (C=O) groups is 3. The molecule has 9 heteroatoms. The van der Waals surface area contributed by atoms with E-state index in [0.717, 1.165) is 33.4 Å². The fraction of sp³-hybridized carbons (Fsp3) is 0.273. The maximum absolute atomic E-state index is 12.7. The molecule has 1 aliphatic heterocycles. The van der Waals surface area contributed by atoms with E-state index < -0.39 is 23.6 Å². The van der Waals surface area contributed by atoms with Crippen molar-refractivity contribution in [2.45, 2.75) is 38.2 Å². The van der Waals surface area contributed by atoms with E-state index in [9.17, 15) is 19.5 Å². The van der Waals surface area contributed by atoms with Crippen LogP contribution in [-0.2, 0) is 26.8 Å². The van der Waals surface area contributed by atoms with Crippen molar-refractivity contribution in [3.05, 3.63) is 96.2 Å². The molecule has 2 amide bonds. The number of amides is 2. The molecule has 4 aromatic rings. The second-order valence-electron chi connectivity index (χ2n) is 10.7. The number of carboxylic acid groups (broad SMARTS) is 1. The van der Waals surface area contributed by atoms with E-state index in [1.54, 1.807) is 22.8 Å². The Labute approximate surface area is 244 Å². The molecule has 0 radical (unpaired) electrons. The predicted octanol–water partition coefficient (Wildman–Crippen LogP) is 6.03. The van der Waals surface area contributed by atoms with Gasteiger partial charge in [0.2, 0.25) is 5.91 Å². The first-order valence-corrected chi connectivity index (χ1v) is 13.9. The minimum absolute atomic E-state index is 0.0282. The van der Waals surface area contributed by atoms with Crippen LogP contribution in [0, 0.1) is 0 Å². The Bertz CT molecular complexity index is 1570. The smallest absolute Gasteiger partial charge is 0.413 e. The van der Waals surface area contributed by atoms with Gasteiger partial charge in [-0.1, -0.05) is 78.9 Å². The van der Waals surface area contributed by atoms with Crippen molar-refractivity contribution in [3.8, 4) is 22.3 Å². The van der Waals surface area contributed by atoms with E-state index in [4.69, 9.17) is 4.74 Å². The van der Waals surface area contributed by atoms with E-state index in [1.165, 1.54) is 6.92 Å². The maximum atomic E-state index is 12.7. The van der Waals surface area contributed by atoms with Crippen LogP contribution in [0.5, 0.6) is 0 Å². The zero-order valence-corrected chi connectivity index (χ0v) is 23.9. The molecule has 0 aliphatic carbocycles. The molecule has 9 nitrogen and oxygen atoms in total. The molecule has 216 valence electrons. The molecule has 1 fully saturated rings. The van der Waals surface area contributed by atoms with Crippen LogP contribution in [0.15, 0.2) is 85.1 Å². The highest BCUT2D eigenvalue weighted by molar-refractivity contribution is 5.90. The minimum Gasteiger partial charge on any atom is -0.481 e. The Morgan fingerprint density at radius 3 is 2.05 bits per heavy atom. The van der Waals surface area contributed by atoms with Gasteiger partial charge in [-0.25, -0.2) is 4.79 Å². The van der Waals surface area contributed by atoms with Gasteiger partial charge in [-0.15, -0.1) is 0 Å². The van der Waals surface area contributed by atoms with E-state index in [0.29, 0.717) is 31.7 Å². The molecule has 42 heavy (non-hydrogen) atoms. The number of hydrogen-bond acceptors (Lipinski definition) is 5. The number of aryl methyl sites for hydroxylation is 1. The SMILES string of the molecule is CC(=O)N1CCC(C(=O)O)(c2ccc(-c3ccc(-c4cnn(C)c4NC(=O)OC(C)c4ccccc4)cc3)cc2)CC1. The van der Waals surface area contributed by atoms with Gasteiger partial charge in [0.25, 0.3) is 0 Å². The second-order valence-corrected chi connectivity index (χ2v) is 10.7. The van der Waals surface area contributed by atoms with Crippen LogP contribution in [0.1, 0.15) is 43.9 Å². The standard InChI is InChI=1S/C33H34N4O5/c1-22(24-7-5-4-6-8-24)42-32(41)35-30-29(21-34-36(30)3)27-11-9-25(10-12-27)26-13-15-28(16-14-26)33(31(39)40)17-19-37(20-18-33)23(2)38/h4-16,21-22H,17-20H2,1-3H3,(H,35,41)(H,39,40). The lowest BCUT2D eigenvalue weighted by Gasteiger charge is -2.39. The maximum Gasteiger partial charge on any atom is 0.413 e. The molecule has 1 aromatic heterocycles. The summed E-state index contributed by atoms with van der Waals surface area (Å²) in [5.41, 5.74) is 4.20. The minimum atomic E-state index is -1.00. The summed E-state index contributed by atoms with van der Waals surface area (Å²) >= 11 is 0. The van der Waals surface area contributed by atoms with Gasteiger partial charge < -0.3 is 14.7 Å². The van der Waals surface area contributed by atoms with Crippen molar-refractivity contribution in [2.24, 2.45) is 7.05 Å². The van der Waals surface area contributed by atoms with E-state index in [-0.39, 0.29) is 5.91 Å². The first-order chi connectivity index (χ1) is 20.2. The van der Waals surface area contributed by atoms with Crippen molar-refractivity contribution in [1.82, 2.24) is 14.7 Å². The molecule has 0 saturated carbocycles. The monoisotopic (exact) mass is 566 g/mol. The van der Waals surface area contributed by atoms with Gasteiger partial charge in [0.15, 0.2) is 0 Å². The molecular formula is C33H34N4O5. The number of benzene rings is 3. The van der Waals surface area contributed by atoms with Crippen LogP contribution < -0.4 is 5.32 Å². The van der Waals surface area contributed by atoms with Gasteiger partial charge in [-0.3, -0.25) is 19.6 Å². The van der Waals surface area contributed by atoms with Gasteiger partial charge in [0, 0.05) is 32.6 Å². The van der Waals surface area contributed by atoms with E-state index in [1.807, 2.05) is 85.8 Å². The van der Waals surface area contributed by atoms with Crippen molar-refractivity contribution in [2.75, 3.05) is 18.4 Å². The number of rotatable bonds is 7. The number of hydrogen-bond donors (Lipinski definition) is 2. The second kappa shape index (κ2) is 11.9. The van der Waals surface area contributed by atoms with Crippen molar-refractivity contribution in [3.63, 3.8) is 0 Å². The summed E-state index contributed by atoms with van der Waals surface area (Å²) < 4.78 is 7.17. The van der Waals surface area contributed by atoms with Crippen LogP contribution in [0.25, 0.3) is 22.3 Å². The highest BCUT2D eigenvalue weighted by Gasteiger charge is 2.43. The Hall–Kier alpha value is -4.92.